The van der Waals surface area contributed by atoms with Crippen molar-refractivity contribution in [1.29, 1.82) is 0 Å². The number of para-hydroxylation sites is 2. The zero-order valence-electron chi connectivity index (χ0n) is 13.1. The van der Waals surface area contributed by atoms with E-state index in [1.54, 1.807) is 0 Å². The Hall–Kier alpha value is -3.42. The Morgan fingerprint density at radius 3 is 1.92 bits per heavy atom. The summed E-state index contributed by atoms with van der Waals surface area (Å²) in [5, 5.41) is 4.59. The van der Waals surface area contributed by atoms with Crippen molar-refractivity contribution in [3.8, 4) is 0 Å². The van der Waals surface area contributed by atoms with Gasteiger partial charge in [0.1, 0.15) is 34.6 Å². The van der Waals surface area contributed by atoms with Gasteiger partial charge in [0.25, 0.3) is 5.91 Å². The maximum Gasteiger partial charge on any atom is 0.257 e. The molecule has 1 aromatic heterocycles. The molecular weight excluding hydrogens is 350 g/mol. The van der Waals surface area contributed by atoms with E-state index in [-0.39, 0.29) is 11.3 Å². The van der Waals surface area contributed by atoms with Gasteiger partial charge in [-0.3, -0.25) is 9.78 Å². The molecular formula is C18H11F4N3O. The van der Waals surface area contributed by atoms with Gasteiger partial charge in [0.05, 0.1) is 17.4 Å². The lowest BCUT2D eigenvalue weighted by Crippen LogP contribution is -2.15. The largest absolute Gasteiger partial charge is 0.349 e. The molecule has 0 bridgehead atoms. The van der Waals surface area contributed by atoms with Crippen molar-refractivity contribution in [3.05, 3.63) is 83.7 Å². The lowest BCUT2D eigenvalue weighted by Gasteiger charge is -2.10. The van der Waals surface area contributed by atoms with Crippen LogP contribution in [0, 0.1) is 23.3 Å². The summed E-state index contributed by atoms with van der Waals surface area (Å²) in [6.07, 6.45) is 2.39. The van der Waals surface area contributed by atoms with Gasteiger partial charge >= 0.3 is 0 Å². The average Bonchev–Trinajstić information content (AvgIpc) is 2.62. The quantitative estimate of drug-likeness (QED) is 0.666. The number of carbonyl (C=O) groups is 1. The lowest BCUT2D eigenvalue weighted by molar-refractivity contribution is 0.102. The van der Waals surface area contributed by atoms with Gasteiger partial charge in [0.2, 0.25) is 0 Å². The summed E-state index contributed by atoms with van der Waals surface area (Å²) in [5.41, 5.74) is -0.951. The minimum absolute atomic E-state index is 0.0607. The molecule has 0 atom stereocenters. The summed E-state index contributed by atoms with van der Waals surface area (Å²) in [4.78, 5) is 16.0. The molecule has 4 nitrogen and oxygen atoms in total. The first-order valence-corrected chi connectivity index (χ1v) is 7.37. The van der Waals surface area contributed by atoms with Crippen molar-refractivity contribution in [2.45, 2.75) is 0 Å². The van der Waals surface area contributed by atoms with Crippen LogP contribution in [0.1, 0.15) is 10.4 Å². The van der Waals surface area contributed by atoms with E-state index >= 15 is 0 Å². The van der Waals surface area contributed by atoms with Crippen LogP contribution in [-0.4, -0.2) is 10.9 Å². The standard InChI is InChI=1S/C18H11F4N3O/c19-12-3-1-4-13(20)16(12)24-11-7-10(8-23-9-11)18(26)25-17-14(21)5-2-6-15(17)22/h1-9,24H,(H,25,26). The van der Waals surface area contributed by atoms with Crippen molar-refractivity contribution >= 4 is 23.0 Å². The van der Waals surface area contributed by atoms with Gasteiger partial charge < -0.3 is 10.6 Å². The van der Waals surface area contributed by atoms with Crippen LogP contribution >= 0.6 is 0 Å². The molecule has 132 valence electrons. The van der Waals surface area contributed by atoms with E-state index in [0.717, 1.165) is 36.5 Å². The van der Waals surface area contributed by atoms with Crippen LogP contribution < -0.4 is 10.6 Å². The highest BCUT2D eigenvalue weighted by molar-refractivity contribution is 6.04. The minimum atomic E-state index is -0.936. The van der Waals surface area contributed by atoms with E-state index in [1.807, 2.05) is 0 Å². The van der Waals surface area contributed by atoms with Crippen LogP contribution in [0.4, 0.5) is 34.6 Å². The normalized spacial score (nSPS) is 10.5. The summed E-state index contributed by atoms with van der Waals surface area (Å²) in [7, 11) is 0. The molecule has 2 aromatic carbocycles. The van der Waals surface area contributed by atoms with E-state index in [2.05, 4.69) is 15.6 Å². The molecule has 0 radical (unpaired) electrons. The highest BCUT2D eigenvalue weighted by Crippen LogP contribution is 2.24. The van der Waals surface area contributed by atoms with Gasteiger partial charge in [-0.15, -0.1) is 0 Å². The second-order valence-corrected chi connectivity index (χ2v) is 5.23. The topological polar surface area (TPSA) is 54.0 Å². The van der Waals surface area contributed by atoms with E-state index < -0.39 is 40.6 Å². The van der Waals surface area contributed by atoms with Gasteiger partial charge in [-0.05, 0) is 30.3 Å². The number of halogens is 4. The van der Waals surface area contributed by atoms with Gasteiger partial charge in [-0.2, -0.15) is 0 Å². The molecule has 0 saturated carbocycles. The third-order valence-corrected chi connectivity index (χ3v) is 3.43. The second kappa shape index (κ2) is 7.22. The zero-order valence-corrected chi connectivity index (χ0v) is 13.1. The van der Waals surface area contributed by atoms with Crippen LogP contribution in [-0.2, 0) is 0 Å². The van der Waals surface area contributed by atoms with Crippen LogP contribution in [0.3, 0.4) is 0 Å². The Morgan fingerprint density at radius 2 is 1.35 bits per heavy atom. The molecule has 0 fully saturated rings. The van der Waals surface area contributed by atoms with Gasteiger partial charge in [-0.1, -0.05) is 12.1 Å². The molecule has 0 unspecified atom stereocenters. The Balaban J connectivity index is 1.84. The zero-order chi connectivity index (χ0) is 18.7. The van der Waals surface area contributed by atoms with E-state index in [9.17, 15) is 22.4 Å². The highest BCUT2D eigenvalue weighted by Gasteiger charge is 2.15. The number of pyridine rings is 1. The number of hydrogen-bond donors (Lipinski definition) is 2. The molecule has 1 amide bonds. The summed E-state index contributed by atoms with van der Waals surface area (Å²) >= 11 is 0. The van der Waals surface area contributed by atoms with Crippen LogP contribution in [0.25, 0.3) is 0 Å². The third-order valence-electron chi connectivity index (χ3n) is 3.43. The number of hydrogen-bond acceptors (Lipinski definition) is 3. The van der Waals surface area contributed by atoms with Gasteiger partial charge in [0, 0.05) is 6.20 Å². The number of nitrogens with zero attached hydrogens (tertiary/aromatic N) is 1. The van der Waals surface area contributed by atoms with Gasteiger partial charge in [0.15, 0.2) is 0 Å². The molecule has 0 spiro atoms. The van der Waals surface area contributed by atoms with Crippen LogP contribution in [0.2, 0.25) is 0 Å². The Bertz CT molecular complexity index is 938. The molecule has 0 aliphatic heterocycles. The molecule has 0 aliphatic rings. The van der Waals surface area contributed by atoms with Crippen molar-refractivity contribution < 1.29 is 22.4 Å². The molecule has 3 rings (SSSR count). The van der Waals surface area contributed by atoms with Crippen molar-refractivity contribution in [2.75, 3.05) is 10.6 Å². The number of carbonyl (C=O) groups excluding carboxylic acids is 1. The minimum Gasteiger partial charge on any atom is -0.349 e. The Kier molecular flexibility index (Phi) is 4.83. The molecule has 0 aliphatic carbocycles. The lowest BCUT2D eigenvalue weighted by atomic mass is 10.2. The Labute approximate surface area is 145 Å². The maximum absolute atomic E-state index is 13.7. The molecule has 3 aromatic rings. The summed E-state index contributed by atoms with van der Waals surface area (Å²) in [6.45, 7) is 0. The smallest absolute Gasteiger partial charge is 0.257 e. The number of rotatable bonds is 4. The van der Waals surface area contributed by atoms with E-state index in [1.165, 1.54) is 18.3 Å². The molecule has 0 saturated heterocycles. The Morgan fingerprint density at radius 1 is 0.808 bits per heavy atom. The predicted molar refractivity (Wildman–Crippen MR) is 88.2 cm³/mol. The average molecular weight is 361 g/mol. The third kappa shape index (κ3) is 3.64. The van der Waals surface area contributed by atoms with Crippen molar-refractivity contribution in [2.24, 2.45) is 0 Å². The molecule has 26 heavy (non-hydrogen) atoms. The fourth-order valence-corrected chi connectivity index (χ4v) is 2.20. The summed E-state index contributed by atoms with van der Waals surface area (Å²) in [5.74, 6) is -4.36. The van der Waals surface area contributed by atoms with Crippen molar-refractivity contribution in [3.63, 3.8) is 0 Å². The molecule has 1 heterocycles. The highest BCUT2D eigenvalue weighted by atomic mass is 19.1. The summed E-state index contributed by atoms with van der Waals surface area (Å²) in [6, 6.07) is 7.74. The first kappa shape index (κ1) is 17.4. The number of anilines is 3. The number of aromatic nitrogens is 1. The summed E-state index contributed by atoms with van der Waals surface area (Å²) < 4.78 is 54.6. The number of amides is 1. The van der Waals surface area contributed by atoms with Crippen molar-refractivity contribution in [1.82, 2.24) is 4.98 Å². The second-order valence-electron chi connectivity index (χ2n) is 5.23. The van der Waals surface area contributed by atoms with Crippen LogP contribution in [0.15, 0.2) is 54.9 Å². The first-order chi connectivity index (χ1) is 12.5. The molecule has 8 heteroatoms. The van der Waals surface area contributed by atoms with Gasteiger partial charge in [-0.25, -0.2) is 17.6 Å². The fraction of sp³-hybridized carbons (Fsp3) is 0. The number of nitrogens with one attached hydrogen (secondary N) is 2. The van der Waals surface area contributed by atoms with E-state index in [0.29, 0.717) is 0 Å². The van der Waals surface area contributed by atoms with Crippen LogP contribution in [0.5, 0.6) is 0 Å². The first-order valence-electron chi connectivity index (χ1n) is 7.37. The number of benzene rings is 2. The monoisotopic (exact) mass is 361 g/mol. The molecule has 2 N–H and O–H groups in total. The fourth-order valence-electron chi connectivity index (χ4n) is 2.20. The SMILES string of the molecule is O=C(Nc1c(F)cccc1F)c1cncc(Nc2c(F)cccc2F)c1. The maximum atomic E-state index is 13.7. The van der Waals surface area contributed by atoms with E-state index in [4.69, 9.17) is 0 Å². The predicted octanol–water partition coefficient (Wildman–Crippen LogP) is 4.63.